The van der Waals surface area contributed by atoms with Crippen LogP contribution in [0.15, 0.2) is 129 Å². The third-order valence-electron chi connectivity index (χ3n) is 30.5. The maximum atomic E-state index is 9.04. The van der Waals surface area contributed by atoms with Crippen LogP contribution in [0.2, 0.25) is 0 Å². The molecule has 7 aliphatic carbocycles. The number of hydrogen-bond donors (Lipinski definition) is 13. The van der Waals surface area contributed by atoms with E-state index in [9.17, 15) is 0 Å². The third kappa shape index (κ3) is 34.8. The summed E-state index contributed by atoms with van der Waals surface area (Å²) in [7, 11) is 2.13. The molecule has 7 saturated heterocycles. The summed E-state index contributed by atoms with van der Waals surface area (Å²) < 4.78 is 40.4. The maximum absolute atomic E-state index is 9.04. The second kappa shape index (κ2) is 54.0. The van der Waals surface area contributed by atoms with Crippen LogP contribution in [0.3, 0.4) is 0 Å². The highest BCUT2D eigenvalue weighted by Crippen LogP contribution is 2.52. The van der Waals surface area contributed by atoms with Gasteiger partial charge in [0, 0.05) is 132 Å². The van der Waals surface area contributed by atoms with Crippen molar-refractivity contribution in [1.29, 1.82) is 0 Å². The number of nitrogens with zero attached hydrogens (tertiary/aromatic N) is 8. The first-order chi connectivity index (χ1) is 66.4. The van der Waals surface area contributed by atoms with Gasteiger partial charge in [0.15, 0.2) is 0 Å². The molecule has 7 aromatic heterocycles. The molecule has 14 aliphatic rings. The largest absolute Gasteiger partial charge is 0.490 e. The standard InChI is InChI=1S/4C16H24N2O2.C15H22N2O2.2C14H20N2O2/c4*19-6-4-14-8-13(14)2-1-12-7-16(10-17-9-12)20-11-15-3-5-18-15;1-17-4-2-13(17)10-19-14-6-12(8-16-9-14)15-7-11(15)3-5-18;17-4-2-10-6-14(10)11-5-13(8-15-7-11)18-9-12-1-3-16-12;17-8-12-5-11(12)3-10-4-14(7-15-6-10)18-9-13-1-2-16-13/h4*7,9-10,13-15,18-19H,1-6,8,11H2;6,8-9,11,13,15,18H,2-5,7,10H2,1H3;5,7-8,10,12,14,16-17H,1-4,6,9H2;4,6-7,11-13,16-17H,1-3,5,8-9H2/t13?,14-,15+;13?,14-,15-;13-,14+,15-;13-,14-,15-;11-,13-,15-;10-,12?,14-;11-,12?,13-/m1000000/s1. The monoisotopic (exact) mass is 1860 g/mol. The molecule has 0 radical (unpaired) electrons. The van der Waals surface area contributed by atoms with Crippen molar-refractivity contribution in [3.05, 3.63) is 168 Å². The predicted octanol–water partition coefficient (Wildman–Crippen LogP) is 11.0. The number of aromatic nitrogens is 7. The number of ether oxygens (including phenoxy) is 7. The van der Waals surface area contributed by atoms with Gasteiger partial charge in [-0.2, -0.15) is 0 Å². The summed E-state index contributed by atoms with van der Waals surface area (Å²) in [6.07, 6.45) is 59.0. The highest BCUT2D eigenvalue weighted by atomic mass is 16.5. The summed E-state index contributed by atoms with van der Waals surface area (Å²) in [5, 5.41) is 82.5. The fourth-order valence-corrected chi connectivity index (χ4v) is 19.4. The van der Waals surface area contributed by atoms with E-state index in [0.29, 0.717) is 117 Å². The van der Waals surface area contributed by atoms with Crippen LogP contribution in [0.5, 0.6) is 40.2 Å². The highest BCUT2D eigenvalue weighted by Gasteiger charge is 2.42. The molecule has 14 fully saturated rings. The second-order valence-corrected chi connectivity index (χ2v) is 40.9. The number of aliphatic hydroxyl groups is 7. The Kier molecular flexibility index (Phi) is 40.6. The summed E-state index contributed by atoms with van der Waals surface area (Å²) in [5.41, 5.74) is 8.79. The Balaban J connectivity index is 0.000000120. The minimum Gasteiger partial charge on any atom is -0.490 e. The second-order valence-electron chi connectivity index (χ2n) is 40.9. The SMILES string of the molecule is CN1CC[C@H]1COc1cncc([C@H]2C[C@@H]2CCO)c1.OCC1C[C@@H]1Cc1cncc(OC[C@@H]2CCN2)c1.OCC[C@@H]1CC1CCc1cncc(OC[C@@H]2CCN2)c1.OCC[C@@H]1C[C@@H]1CCc1cncc(OC[C@@H]2CCN2)c1.OCC[C@H]1CC1CCc1cncc(OC[C@@H]2CCN2)c1.OCC[C@H]1C[C@@H]1CCc1cncc(OC[C@@H]2CCN2)c1.OCC[C@H]1C[C@@H]1c1cncc(OCC2CCN2)c1. The fourth-order valence-electron chi connectivity index (χ4n) is 19.4. The predicted molar refractivity (Wildman–Crippen MR) is 522 cm³/mol. The molecule has 28 heteroatoms. The van der Waals surface area contributed by atoms with Crippen LogP contribution < -0.4 is 65.1 Å². The van der Waals surface area contributed by atoms with Gasteiger partial charge in [0.05, 0.1) is 43.4 Å². The molecular formula is C107H158N14O14. The van der Waals surface area contributed by atoms with Crippen LogP contribution in [0.25, 0.3) is 0 Å². The summed E-state index contributed by atoms with van der Waals surface area (Å²) in [6.45, 7) is 15.3. The Hall–Kier alpha value is -7.91. The summed E-state index contributed by atoms with van der Waals surface area (Å²) in [6, 6.07) is 18.4. The summed E-state index contributed by atoms with van der Waals surface area (Å²) in [4.78, 5) is 32.2. The topological polar surface area (TPSA) is 372 Å². The summed E-state index contributed by atoms with van der Waals surface area (Å²) in [5.74, 6) is 16.0. The zero-order valence-corrected chi connectivity index (χ0v) is 80.2. The number of hydrogen-bond acceptors (Lipinski definition) is 28. The number of likely N-dealkylation sites (N-methyl/N-ethyl adjacent to an activating group) is 1. The van der Waals surface area contributed by atoms with E-state index in [1.54, 1.807) is 43.4 Å². The molecule has 740 valence electrons. The summed E-state index contributed by atoms with van der Waals surface area (Å²) >= 11 is 0. The lowest BCUT2D eigenvalue weighted by atomic mass is 10.1. The molecule has 21 atom stereocenters. The van der Waals surface area contributed by atoms with Gasteiger partial charge in [-0.05, 0) is 403 Å². The van der Waals surface area contributed by atoms with Crippen molar-refractivity contribution in [3.8, 4) is 40.2 Å². The first kappa shape index (κ1) is 102. The normalized spacial score (nSPS) is 28.7. The number of nitrogens with one attached hydrogen (secondary N) is 6. The van der Waals surface area contributed by atoms with E-state index in [0.717, 1.165) is 250 Å². The first-order valence-corrected chi connectivity index (χ1v) is 51.7. The van der Waals surface area contributed by atoms with Crippen molar-refractivity contribution in [2.75, 3.05) is 145 Å². The molecule has 28 nitrogen and oxygen atoms in total. The van der Waals surface area contributed by atoms with E-state index in [1.165, 1.54) is 155 Å². The number of aryl methyl sites for hydroxylation is 4. The van der Waals surface area contributed by atoms with Gasteiger partial charge in [-0.25, -0.2) is 0 Å². The smallest absolute Gasteiger partial charge is 0.137 e. The minimum atomic E-state index is 0.290. The average Bonchev–Trinajstić information content (AvgIpc) is 1.65. The first-order valence-electron chi connectivity index (χ1n) is 51.7. The lowest BCUT2D eigenvalue weighted by Gasteiger charge is -2.37. The van der Waals surface area contributed by atoms with Gasteiger partial charge < -0.3 is 101 Å². The fraction of sp³-hybridized carbons (Fsp3) is 0.673. The van der Waals surface area contributed by atoms with E-state index in [4.69, 9.17) is 68.9 Å². The average molecular weight is 1860 g/mol. The Morgan fingerprint density at radius 2 is 0.511 bits per heavy atom. The van der Waals surface area contributed by atoms with E-state index in [-0.39, 0.29) is 6.61 Å². The zero-order valence-electron chi connectivity index (χ0n) is 80.2. The molecule has 0 aromatic carbocycles. The van der Waals surface area contributed by atoms with Crippen LogP contribution in [-0.4, -0.2) is 263 Å². The molecular weight excluding hydrogens is 1710 g/mol. The number of likely N-dealkylation sites (tertiary alicyclic amines) is 1. The van der Waals surface area contributed by atoms with E-state index >= 15 is 0 Å². The molecule has 7 saturated carbocycles. The maximum Gasteiger partial charge on any atom is 0.137 e. The Bertz CT molecular complexity index is 4240. The van der Waals surface area contributed by atoms with Crippen molar-refractivity contribution in [1.82, 2.24) is 71.7 Å². The minimum absolute atomic E-state index is 0.290. The quantitative estimate of drug-likeness (QED) is 0.0168. The molecule has 7 aliphatic heterocycles. The van der Waals surface area contributed by atoms with Gasteiger partial charge in [-0.3, -0.25) is 39.8 Å². The van der Waals surface area contributed by atoms with Crippen molar-refractivity contribution >= 4 is 0 Å². The van der Waals surface area contributed by atoms with Crippen LogP contribution >= 0.6 is 0 Å². The molecule has 0 bridgehead atoms. The van der Waals surface area contributed by atoms with E-state index in [1.807, 2.05) is 43.4 Å². The Morgan fingerprint density at radius 1 is 0.267 bits per heavy atom. The van der Waals surface area contributed by atoms with Crippen molar-refractivity contribution in [2.24, 2.45) is 71.0 Å². The number of aliphatic hydroxyl groups excluding tert-OH is 7. The third-order valence-corrected chi connectivity index (χ3v) is 30.5. The lowest BCUT2D eigenvalue weighted by Crippen LogP contribution is -2.48. The molecule has 14 heterocycles. The van der Waals surface area contributed by atoms with Crippen molar-refractivity contribution in [3.63, 3.8) is 0 Å². The zero-order chi connectivity index (χ0) is 93.1. The molecule has 21 rings (SSSR count). The van der Waals surface area contributed by atoms with Crippen LogP contribution in [0.4, 0.5) is 0 Å². The number of rotatable bonds is 50. The van der Waals surface area contributed by atoms with Gasteiger partial charge in [0.2, 0.25) is 0 Å². The highest BCUT2D eigenvalue weighted by molar-refractivity contribution is 5.33. The molecule has 13 N–H and O–H groups in total. The molecule has 135 heavy (non-hydrogen) atoms. The van der Waals surface area contributed by atoms with Gasteiger partial charge in [-0.15, -0.1) is 0 Å². The van der Waals surface area contributed by atoms with Gasteiger partial charge >= 0.3 is 0 Å². The van der Waals surface area contributed by atoms with E-state index in [2.05, 4.69) is 121 Å². The van der Waals surface area contributed by atoms with Crippen LogP contribution in [0, 0.1) is 71.0 Å². The van der Waals surface area contributed by atoms with Crippen molar-refractivity contribution in [2.45, 2.75) is 240 Å². The molecule has 4 unspecified atom stereocenters. The van der Waals surface area contributed by atoms with E-state index < -0.39 is 0 Å². The van der Waals surface area contributed by atoms with Crippen LogP contribution in [0.1, 0.15) is 205 Å². The van der Waals surface area contributed by atoms with Crippen LogP contribution in [-0.2, 0) is 32.1 Å². The van der Waals surface area contributed by atoms with Gasteiger partial charge in [0.25, 0.3) is 0 Å². The van der Waals surface area contributed by atoms with Gasteiger partial charge in [-0.1, -0.05) is 0 Å². The molecule has 7 aromatic rings. The molecule has 0 spiro atoms. The van der Waals surface area contributed by atoms with Crippen molar-refractivity contribution < 1.29 is 68.9 Å². The Morgan fingerprint density at radius 3 is 0.756 bits per heavy atom. The number of pyridine rings is 7. The molecule has 0 amide bonds. The lowest BCUT2D eigenvalue weighted by molar-refractivity contribution is 0.0767. The Labute approximate surface area is 801 Å². The van der Waals surface area contributed by atoms with Gasteiger partial charge in [0.1, 0.15) is 86.5 Å².